The van der Waals surface area contributed by atoms with Gasteiger partial charge in [0.05, 0.1) is 4.47 Å². The topological polar surface area (TPSA) is 51.2 Å². The van der Waals surface area contributed by atoms with Crippen molar-refractivity contribution in [3.63, 3.8) is 0 Å². The smallest absolute Gasteiger partial charge is 0.266 e. The van der Waals surface area contributed by atoms with E-state index in [0.29, 0.717) is 11.6 Å². The van der Waals surface area contributed by atoms with Gasteiger partial charge >= 0.3 is 0 Å². The zero-order valence-electron chi connectivity index (χ0n) is 12.2. The van der Waals surface area contributed by atoms with Gasteiger partial charge in [0, 0.05) is 5.69 Å². The molecule has 0 aliphatic rings. The number of amides is 1. The van der Waals surface area contributed by atoms with Crippen molar-refractivity contribution < 1.29 is 9.53 Å². The number of carbonyl (C=O) groups is 1. The molecule has 2 rings (SSSR count). The van der Waals surface area contributed by atoms with Crippen molar-refractivity contribution in [1.82, 2.24) is 4.98 Å². The minimum Gasteiger partial charge on any atom is -0.480 e. The Morgan fingerprint density at radius 2 is 2.05 bits per heavy atom. The van der Waals surface area contributed by atoms with Crippen molar-refractivity contribution >= 4 is 27.7 Å². The van der Waals surface area contributed by atoms with Crippen LogP contribution in [0.5, 0.6) is 5.75 Å². The summed E-state index contributed by atoms with van der Waals surface area (Å²) in [6.45, 7) is 5.57. The van der Waals surface area contributed by atoms with Crippen LogP contribution in [-0.4, -0.2) is 17.0 Å². The third-order valence-corrected chi connectivity index (χ3v) is 3.52. The molecule has 1 aromatic carbocycles. The maximum Gasteiger partial charge on any atom is 0.266 e. The summed E-state index contributed by atoms with van der Waals surface area (Å²) in [6, 6.07) is 11.2. The summed E-state index contributed by atoms with van der Waals surface area (Å²) in [5.41, 5.74) is 1.97. The fraction of sp³-hybridized carbons (Fsp3) is 0.250. The van der Waals surface area contributed by atoms with E-state index in [-0.39, 0.29) is 5.91 Å². The van der Waals surface area contributed by atoms with Crippen LogP contribution in [0, 0.1) is 13.8 Å². The number of aryl methyl sites for hydroxylation is 2. The molecule has 1 amide bonds. The van der Waals surface area contributed by atoms with Gasteiger partial charge in [-0.25, -0.2) is 4.98 Å². The van der Waals surface area contributed by atoms with Gasteiger partial charge in [-0.1, -0.05) is 12.1 Å². The summed E-state index contributed by atoms with van der Waals surface area (Å²) >= 11 is 3.43. The molecule has 4 nitrogen and oxygen atoms in total. The van der Waals surface area contributed by atoms with Crippen molar-refractivity contribution in [2.45, 2.75) is 26.9 Å². The lowest BCUT2D eigenvalue weighted by Crippen LogP contribution is -2.30. The van der Waals surface area contributed by atoms with E-state index in [1.165, 1.54) is 0 Å². The van der Waals surface area contributed by atoms with Crippen LogP contribution in [0.25, 0.3) is 0 Å². The molecule has 5 heteroatoms. The molecule has 1 aromatic heterocycles. The molecule has 0 aliphatic heterocycles. The predicted molar refractivity (Wildman–Crippen MR) is 86.6 cm³/mol. The van der Waals surface area contributed by atoms with Crippen molar-refractivity contribution in [2.24, 2.45) is 0 Å². The van der Waals surface area contributed by atoms with Crippen LogP contribution in [0.2, 0.25) is 0 Å². The lowest BCUT2D eigenvalue weighted by molar-refractivity contribution is -0.122. The Kier molecular flexibility index (Phi) is 4.96. The highest BCUT2D eigenvalue weighted by Crippen LogP contribution is 2.26. The normalized spacial score (nSPS) is 11.8. The van der Waals surface area contributed by atoms with Gasteiger partial charge in [0.1, 0.15) is 11.6 Å². The minimum atomic E-state index is -0.619. The van der Waals surface area contributed by atoms with E-state index in [1.54, 1.807) is 13.0 Å². The highest BCUT2D eigenvalue weighted by atomic mass is 79.9. The number of benzene rings is 1. The minimum absolute atomic E-state index is 0.236. The molecule has 0 unspecified atom stereocenters. The lowest BCUT2D eigenvalue weighted by Gasteiger charge is -2.15. The number of hydrogen-bond acceptors (Lipinski definition) is 3. The summed E-state index contributed by atoms with van der Waals surface area (Å²) in [6.07, 6.45) is -0.619. The van der Waals surface area contributed by atoms with E-state index < -0.39 is 6.10 Å². The number of nitrogens with one attached hydrogen (secondary N) is 1. The molecule has 1 N–H and O–H groups in total. The number of anilines is 1. The molecular weight excluding hydrogens is 332 g/mol. The van der Waals surface area contributed by atoms with E-state index >= 15 is 0 Å². The number of pyridine rings is 1. The molecule has 0 bridgehead atoms. The maximum atomic E-state index is 12.1. The van der Waals surface area contributed by atoms with Gasteiger partial charge in [0.25, 0.3) is 5.91 Å². The van der Waals surface area contributed by atoms with Crippen molar-refractivity contribution in [2.75, 3.05) is 5.32 Å². The number of rotatable bonds is 4. The van der Waals surface area contributed by atoms with Crippen LogP contribution in [0.15, 0.2) is 40.9 Å². The van der Waals surface area contributed by atoms with Gasteiger partial charge in [-0.3, -0.25) is 4.79 Å². The third kappa shape index (κ3) is 4.29. The molecule has 1 heterocycles. The molecule has 0 saturated heterocycles. The largest absolute Gasteiger partial charge is 0.480 e. The van der Waals surface area contributed by atoms with Crippen LogP contribution < -0.4 is 10.1 Å². The second-order valence-electron chi connectivity index (χ2n) is 4.85. The second kappa shape index (κ2) is 6.72. The monoisotopic (exact) mass is 348 g/mol. The summed E-state index contributed by atoms with van der Waals surface area (Å²) in [4.78, 5) is 16.3. The Hall–Kier alpha value is -1.88. The molecule has 1 atom stereocenters. The lowest BCUT2D eigenvalue weighted by atomic mass is 10.2. The van der Waals surface area contributed by atoms with Crippen LogP contribution in [0.4, 0.5) is 5.82 Å². The number of hydrogen-bond donors (Lipinski definition) is 1. The first-order valence-electron chi connectivity index (χ1n) is 6.63. The van der Waals surface area contributed by atoms with Crippen molar-refractivity contribution in [3.8, 4) is 5.75 Å². The number of ether oxygens (including phenoxy) is 1. The SMILES string of the molecule is Cc1ccc(O[C@H](C)C(=O)Nc2cccc(C)n2)c(Br)c1. The Balaban J connectivity index is 2.02. The average molecular weight is 349 g/mol. The van der Waals surface area contributed by atoms with E-state index in [2.05, 4.69) is 26.2 Å². The summed E-state index contributed by atoms with van der Waals surface area (Å²) in [5, 5.41) is 2.74. The second-order valence-corrected chi connectivity index (χ2v) is 5.70. The molecule has 0 fully saturated rings. The molecule has 0 saturated carbocycles. The van der Waals surface area contributed by atoms with Gasteiger partial charge in [-0.05, 0) is 66.5 Å². The Labute approximate surface area is 132 Å². The standard InChI is InChI=1S/C16H17BrN2O2/c1-10-7-8-14(13(17)9-10)21-12(3)16(20)19-15-6-4-5-11(2)18-15/h4-9,12H,1-3H3,(H,18,19,20)/t12-/m1/s1. The first-order chi connectivity index (χ1) is 9.95. The number of halogens is 1. The molecule has 110 valence electrons. The highest BCUT2D eigenvalue weighted by molar-refractivity contribution is 9.10. The first kappa shape index (κ1) is 15.5. The van der Waals surface area contributed by atoms with Crippen molar-refractivity contribution in [3.05, 3.63) is 52.1 Å². The van der Waals surface area contributed by atoms with Crippen LogP contribution in [0.3, 0.4) is 0 Å². The fourth-order valence-electron chi connectivity index (χ4n) is 1.79. The van der Waals surface area contributed by atoms with Gasteiger partial charge < -0.3 is 10.1 Å². The highest BCUT2D eigenvalue weighted by Gasteiger charge is 2.16. The quantitative estimate of drug-likeness (QED) is 0.912. The Morgan fingerprint density at radius 1 is 1.29 bits per heavy atom. The molecular formula is C16H17BrN2O2. The Morgan fingerprint density at radius 3 is 2.71 bits per heavy atom. The number of aromatic nitrogens is 1. The van der Waals surface area contributed by atoms with Gasteiger partial charge in [0.15, 0.2) is 6.10 Å². The predicted octanol–water partition coefficient (Wildman–Crippen LogP) is 3.87. The van der Waals surface area contributed by atoms with Gasteiger partial charge in [-0.2, -0.15) is 0 Å². The molecule has 21 heavy (non-hydrogen) atoms. The summed E-state index contributed by atoms with van der Waals surface area (Å²) in [7, 11) is 0. The van der Waals surface area contributed by atoms with Crippen LogP contribution in [-0.2, 0) is 4.79 Å². The number of carbonyl (C=O) groups excluding carboxylic acids is 1. The molecule has 0 aliphatic carbocycles. The van der Waals surface area contributed by atoms with E-state index in [0.717, 1.165) is 15.7 Å². The molecule has 0 radical (unpaired) electrons. The molecule has 0 spiro atoms. The van der Waals surface area contributed by atoms with E-state index in [4.69, 9.17) is 4.74 Å². The zero-order chi connectivity index (χ0) is 15.4. The Bertz CT molecular complexity index is 658. The fourth-order valence-corrected chi connectivity index (χ4v) is 2.37. The number of nitrogens with zero attached hydrogens (tertiary/aromatic N) is 1. The summed E-state index contributed by atoms with van der Waals surface area (Å²) < 4.78 is 6.51. The first-order valence-corrected chi connectivity index (χ1v) is 7.42. The van der Waals surface area contributed by atoms with Crippen molar-refractivity contribution in [1.29, 1.82) is 0 Å². The maximum absolute atomic E-state index is 12.1. The van der Waals surface area contributed by atoms with Gasteiger partial charge in [-0.15, -0.1) is 0 Å². The zero-order valence-corrected chi connectivity index (χ0v) is 13.8. The average Bonchev–Trinajstić information content (AvgIpc) is 2.41. The van der Waals surface area contributed by atoms with Crippen LogP contribution >= 0.6 is 15.9 Å². The summed E-state index contributed by atoms with van der Waals surface area (Å²) in [5.74, 6) is 0.930. The van der Waals surface area contributed by atoms with E-state index in [9.17, 15) is 4.79 Å². The molecule has 2 aromatic rings. The third-order valence-electron chi connectivity index (χ3n) is 2.90. The van der Waals surface area contributed by atoms with E-state index in [1.807, 2.05) is 44.2 Å². The van der Waals surface area contributed by atoms with Gasteiger partial charge in [0.2, 0.25) is 0 Å². The van der Waals surface area contributed by atoms with Crippen LogP contribution in [0.1, 0.15) is 18.2 Å².